The highest BCUT2D eigenvalue weighted by Gasteiger charge is 2.09. The number of ether oxygens (including phenoxy) is 1. The number of benzene rings is 2. The first-order chi connectivity index (χ1) is 11.5. The molecule has 5 nitrogen and oxygen atoms in total. The van der Waals surface area contributed by atoms with Crippen molar-refractivity contribution in [3.63, 3.8) is 0 Å². The van der Waals surface area contributed by atoms with Gasteiger partial charge < -0.3 is 4.74 Å². The molecular formula is C18H19BrN2O3. The summed E-state index contributed by atoms with van der Waals surface area (Å²) in [6.07, 6.45) is 0.921. The first-order valence-corrected chi connectivity index (χ1v) is 8.36. The SMILES string of the molecule is CCc1ccc(OCC(=O)NNC(=O)c2ccc(C)cc2)c(Br)c1. The molecule has 0 spiro atoms. The molecule has 0 fully saturated rings. The van der Waals surface area contributed by atoms with Crippen molar-refractivity contribution in [2.75, 3.05) is 6.61 Å². The third-order valence-corrected chi connectivity index (χ3v) is 4.01. The summed E-state index contributed by atoms with van der Waals surface area (Å²) >= 11 is 3.41. The zero-order chi connectivity index (χ0) is 17.5. The standard InChI is InChI=1S/C18H19BrN2O3/c1-3-13-6-9-16(15(19)10-13)24-11-17(22)20-21-18(23)14-7-4-12(2)5-8-14/h4-10H,3,11H2,1-2H3,(H,20,22)(H,21,23). The first kappa shape index (κ1) is 18.0. The van der Waals surface area contributed by atoms with Crippen LogP contribution < -0.4 is 15.6 Å². The number of hydrogen-bond donors (Lipinski definition) is 2. The lowest BCUT2D eigenvalue weighted by Crippen LogP contribution is -2.43. The van der Waals surface area contributed by atoms with E-state index < -0.39 is 5.91 Å². The van der Waals surface area contributed by atoms with Crippen molar-refractivity contribution >= 4 is 27.7 Å². The summed E-state index contributed by atoms with van der Waals surface area (Å²) in [5, 5.41) is 0. The van der Waals surface area contributed by atoms with E-state index in [0.717, 1.165) is 16.5 Å². The molecule has 0 aliphatic rings. The number of rotatable bonds is 5. The molecule has 0 atom stereocenters. The van der Waals surface area contributed by atoms with Crippen LogP contribution in [0.4, 0.5) is 0 Å². The molecule has 0 aliphatic heterocycles. The van der Waals surface area contributed by atoms with Gasteiger partial charge in [0.25, 0.3) is 11.8 Å². The van der Waals surface area contributed by atoms with Crippen LogP contribution in [0.5, 0.6) is 5.75 Å². The molecule has 126 valence electrons. The molecule has 0 radical (unpaired) electrons. The maximum atomic E-state index is 11.9. The second-order valence-electron chi connectivity index (χ2n) is 5.28. The summed E-state index contributed by atoms with van der Waals surface area (Å²) in [6.45, 7) is 3.80. The highest BCUT2D eigenvalue weighted by atomic mass is 79.9. The van der Waals surface area contributed by atoms with Crippen LogP contribution in [-0.4, -0.2) is 18.4 Å². The van der Waals surface area contributed by atoms with E-state index in [1.807, 2.05) is 31.2 Å². The Kier molecular flexibility index (Phi) is 6.37. The zero-order valence-corrected chi connectivity index (χ0v) is 15.1. The predicted octanol–water partition coefficient (Wildman–Crippen LogP) is 3.16. The van der Waals surface area contributed by atoms with Gasteiger partial charge in [-0.25, -0.2) is 0 Å². The second-order valence-corrected chi connectivity index (χ2v) is 6.13. The number of amides is 2. The van der Waals surface area contributed by atoms with Gasteiger partial charge in [0.15, 0.2) is 6.61 Å². The maximum absolute atomic E-state index is 11.9. The smallest absolute Gasteiger partial charge is 0.276 e. The van der Waals surface area contributed by atoms with E-state index in [2.05, 4.69) is 33.7 Å². The zero-order valence-electron chi connectivity index (χ0n) is 13.6. The van der Waals surface area contributed by atoms with Crippen molar-refractivity contribution in [2.24, 2.45) is 0 Å². The van der Waals surface area contributed by atoms with Gasteiger partial charge in [0.1, 0.15) is 5.75 Å². The molecule has 0 saturated heterocycles. The van der Waals surface area contributed by atoms with Crippen LogP contribution in [-0.2, 0) is 11.2 Å². The molecule has 0 unspecified atom stereocenters. The summed E-state index contributed by atoms with van der Waals surface area (Å²) in [5.41, 5.74) is 7.39. The number of hydrogen-bond acceptors (Lipinski definition) is 3. The molecule has 6 heteroatoms. The van der Waals surface area contributed by atoms with Crippen LogP contribution in [0.1, 0.15) is 28.4 Å². The van der Waals surface area contributed by atoms with Gasteiger partial charge in [-0.3, -0.25) is 20.4 Å². The molecular weight excluding hydrogens is 372 g/mol. The fourth-order valence-electron chi connectivity index (χ4n) is 1.96. The van der Waals surface area contributed by atoms with Gasteiger partial charge in [0, 0.05) is 5.56 Å². The molecule has 2 rings (SSSR count). The summed E-state index contributed by atoms with van der Waals surface area (Å²) in [6, 6.07) is 12.7. The minimum Gasteiger partial charge on any atom is -0.483 e. The molecule has 0 bridgehead atoms. The minimum atomic E-state index is -0.443. The minimum absolute atomic E-state index is 0.196. The summed E-state index contributed by atoms with van der Waals surface area (Å²) in [7, 11) is 0. The highest BCUT2D eigenvalue weighted by molar-refractivity contribution is 9.10. The molecule has 2 aromatic rings. The van der Waals surface area contributed by atoms with Gasteiger partial charge in [-0.1, -0.05) is 30.7 Å². The largest absolute Gasteiger partial charge is 0.483 e. The van der Waals surface area contributed by atoms with Crippen molar-refractivity contribution in [2.45, 2.75) is 20.3 Å². The number of halogens is 1. The summed E-state index contributed by atoms with van der Waals surface area (Å²) in [4.78, 5) is 23.7. The fourth-order valence-corrected chi connectivity index (χ4v) is 2.50. The molecule has 2 aromatic carbocycles. The monoisotopic (exact) mass is 390 g/mol. The molecule has 0 heterocycles. The van der Waals surface area contributed by atoms with E-state index in [-0.39, 0.29) is 12.5 Å². The topological polar surface area (TPSA) is 67.4 Å². The predicted molar refractivity (Wildman–Crippen MR) is 95.8 cm³/mol. The van der Waals surface area contributed by atoms with Crippen molar-refractivity contribution in [1.29, 1.82) is 0 Å². The van der Waals surface area contributed by atoms with Crippen LogP contribution in [0.3, 0.4) is 0 Å². The van der Waals surface area contributed by atoms with E-state index in [1.54, 1.807) is 18.2 Å². The van der Waals surface area contributed by atoms with Crippen LogP contribution >= 0.6 is 15.9 Å². The Hall–Kier alpha value is -2.34. The average Bonchev–Trinajstić information content (AvgIpc) is 2.59. The maximum Gasteiger partial charge on any atom is 0.276 e. The average molecular weight is 391 g/mol. The third kappa shape index (κ3) is 5.09. The number of carbonyl (C=O) groups is 2. The number of carbonyl (C=O) groups excluding carboxylic acids is 2. The van der Waals surface area contributed by atoms with Gasteiger partial charge >= 0.3 is 0 Å². The van der Waals surface area contributed by atoms with E-state index in [1.165, 1.54) is 5.56 Å². The number of nitrogens with one attached hydrogen (secondary N) is 2. The van der Waals surface area contributed by atoms with Gasteiger partial charge in [0.05, 0.1) is 4.47 Å². The molecule has 24 heavy (non-hydrogen) atoms. The Morgan fingerprint density at radius 3 is 2.42 bits per heavy atom. The number of hydrazine groups is 1. The summed E-state index contributed by atoms with van der Waals surface area (Å²) < 4.78 is 6.23. The molecule has 0 saturated carbocycles. The fraction of sp³-hybridized carbons (Fsp3) is 0.222. The highest BCUT2D eigenvalue weighted by Crippen LogP contribution is 2.26. The van der Waals surface area contributed by atoms with E-state index in [4.69, 9.17) is 4.74 Å². The molecule has 0 aliphatic carbocycles. The quantitative estimate of drug-likeness (QED) is 0.770. The molecule has 0 aromatic heterocycles. The Bertz CT molecular complexity index is 730. The molecule has 2 N–H and O–H groups in total. The Balaban J connectivity index is 1.81. The van der Waals surface area contributed by atoms with Crippen LogP contribution in [0.15, 0.2) is 46.9 Å². The first-order valence-electron chi connectivity index (χ1n) is 7.56. The van der Waals surface area contributed by atoms with E-state index >= 15 is 0 Å². The van der Waals surface area contributed by atoms with E-state index in [0.29, 0.717) is 11.3 Å². The van der Waals surface area contributed by atoms with Crippen molar-refractivity contribution in [3.8, 4) is 5.75 Å². The second kappa shape index (κ2) is 8.49. The lowest BCUT2D eigenvalue weighted by Gasteiger charge is -2.10. The lowest BCUT2D eigenvalue weighted by molar-refractivity contribution is -0.123. The Morgan fingerprint density at radius 2 is 1.79 bits per heavy atom. The third-order valence-electron chi connectivity index (χ3n) is 3.39. The van der Waals surface area contributed by atoms with Crippen molar-refractivity contribution < 1.29 is 14.3 Å². The number of aryl methyl sites for hydroxylation is 2. The van der Waals surface area contributed by atoms with Gasteiger partial charge in [-0.05, 0) is 59.1 Å². The Labute approximate surface area is 149 Å². The summed E-state index contributed by atoms with van der Waals surface area (Å²) in [5.74, 6) is -0.244. The normalized spacial score (nSPS) is 10.1. The van der Waals surface area contributed by atoms with Gasteiger partial charge in [-0.15, -0.1) is 0 Å². The van der Waals surface area contributed by atoms with Crippen molar-refractivity contribution in [1.82, 2.24) is 10.9 Å². The van der Waals surface area contributed by atoms with Crippen molar-refractivity contribution in [3.05, 3.63) is 63.6 Å². The Morgan fingerprint density at radius 1 is 1.08 bits per heavy atom. The van der Waals surface area contributed by atoms with Gasteiger partial charge in [-0.2, -0.15) is 0 Å². The van der Waals surface area contributed by atoms with Crippen LogP contribution in [0, 0.1) is 6.92 Å². The molecule has 2 amide bonds. The van der Waals surface area contributed by atoms with Gasteiger partial charge in [0.2, 0.25) is 0 Å². The lowest BCUT2D eigenvalue weighted by atomic mass is 10.1. The van der Waals surface area contributed by atoms with Crippen LogP contribution in [0.25, 0.3) is 0 Å². The van der Waals surface area contributed by atoms with E-state index in [9.17, 15) is 9.59 Å². The van der Waals surface area contributed by atoms with Crippen LogP contribution in [0.2, 0.25) is 0 Å².